The van der Waals surface area contributed by atoms with E-state index in [-0.39, 0.29) is 5.69 Å². The molecule has 142 valence electrons. The van der Waals surface area contributed by atoms with Gasteiger partial charge in [-0.1, -0.05) is 25.6 Å². The monoisotopic (exact) mass is 388 g/mol. The van der Waals surface area contributed by atoms with Gasteiger partial charge in [0.05, 0.1) is 18.3 Å². The predicted octanol–water partition coefficient (Wildman–Crippen LogP) is 4.40. The molecule has 0 aliphatic carbocycles. The van der Waals surface area contributed by atoms with Crippen molar-refractivity contribution in [3.8, 4) is 17.3 Å². The van der Waals surface area contributed by atoms with Gasteiger partial charge in [-0.25, -0.2) is 0 Å². The van der Waals surface area contributed by atoms with Crippen molar-refractivity contribution in [2.45, 2.75) is 31.3 Å². The minimum absolute atomic E-state index is 0.0336. The molecule has 0 bridgehead atoms. The fourth-order valence-corrected chi connectivity index (χ4v) is 3.57. The van der Waals surface area contributed by atoms with E-state index in [1.165, 1.54) is 23.9 Å². The van der Waals surface area contributed by atoms with Crippen LogP contribution in [0.5, 0.6) is 5.75 Å². The van der Waals surface area contributed by atoms with E-state index in [0.29, 0.717) is 29.0 Å². The molecule has 1 aromatic carbocycles. The summed E-state index contributed by atoms with van der Waals surface area (Å²) in [5, 5.41) is 20.3. The summed E-state index contributed by atoms with van der Waals surface area (Å²) in [5.41, 5.74) is 0.765. The molecular formula is C18H20N4O4S. The van der Waals surface area contributed by atoms with Crippen LogP contribution in [-0.4, -0.2) is 26.8 Å². The maximum atomic E-state index is 11.1. The Kier molecular flexibility index (Phi) is 5.80. The topological polar surface area (TPSA) is 96.2 Å². The molecule has 2 heterocycles. The average molecular weight is 388 g/mol. The van der Waals surface area contributed by atoms with Gasteiger partial charge in [-0.05, 0) is 24.1 Å². The summed E-state index contributed by atoms with van der Waals surface area (Å²) < 4.78 is 12.8. The van der Waals surface area contributed by atoms with Crippen molar-refractivity contribution in [2.75, 3.05) is 7.11 Å². The molecule has 27 heavy (non-hydrogen) atoms. The summed E-state index contributed by atoms with van der Waals surface area (Å²) in [5.74, 6) is 2.79. The maximum absolute atomic E-state index is 11.1. The average Bonchev–Trinajstić information content (AvgIpc) is 3.29. The van der Waals surface area contributed by atoms with Crippen LogP contribution in [0.1, 0.15) is 19.4 Å². The van der Waals surface area contributed by atoms with Gasteiger partial charge in [0, 0.05) is 30.0 Å². The molecule has 0 atom stereocenters. The van der Waals surface area contributed by atoms with Crippen LogP contribution >= 0.6 is 11.8 Å². The molecule has 0 unspecified atom stereocenters. The highest BCUT2D eigenvalue weighted by atomic mass is 32.2. The molecule has 3 rings (SSSR count). The fraction of sp³-hybridized carbons (Fsp3) is 0.333. The van der Waals surface area contributed by atoms with Crippen molar-refractivity contribution in [3.05, 3.63) is 52.3 Å². The molecule has 0 aliphatic rings. The number of nitro groups is 1. The summed E-state index contributed by atoms with van der Waals surface area (Å²) in [6, 6.07) is 8.23. The van der Waals surface area contributed by atoms with E-state index in [9.17, 15) is 10.1 Å². The number of nitro benzene ring substituents is 1. The van der Waals surface area contributed by atoms with Gasteiger partial charge in [0.15, 0.2) is 16.7 Å². The SMILES string of the molecule is COc1ccc([N+](=O)[O-])cc1CSc1nnc(-c2ccco2)n1CC(C)C. The third-order valence-corrected chi connectivity index (χ3v) is 4.85. The molecule has 0 aliphatic heterocycles. The van der Waals surface area contributed by atoms with E-state index in [2.05, 4.69) is 24.0 Å². The molecular weight excluding hydrogens is 368 g/mol. The van der Waals surface area contributed by atoms with Gasteiger partial charge in [-0.2, -0.15) is 0 Å². The molecule has 0 amide bonds. The highest BCUT2D eigenvalue weighted by Gasteiger charge is 2.19. The lowest BCUT2D eigenvalue weighted by Gasteiger charge is -2.12. The second-order valence-electron chi connectivity index (χ2n) is 6.33. The number of furan rings is 1. The Hall–Kier alpha value is -2.81. The fourth-order valence-electron chi connectivity index (χ4n) is 2.65. The Morgan fingerprint density at radius 2 is 2.15 bits per heavy atom. The van der Waals surface area contributed by atoms with Crippen molar-refractivity contribution >= 4 is 17.4 Å². The van der Waals surface area contributed by atoms with Gasteiger partial charge in [0.25, 0.3) is 5.69 Å². The van der Waals surface area contributed by atoms with Crippen molar-refractivity contribution in [2.24, 2.45) is 5.92 Å². The second-order valence-corrected chi connectivity index (χ2v) is 7.27. The summed E-state index contributed by atoms with van der Waals surface area (Å²) in [6.45, 7) is 4.96. The first-order valence-electron chi connectivity index (χ1n) is 8.40. The van der Waals surface area contributed by atoms with Gasteiger partial charge < -0.3 is 9.15 Å². The number of rotatable bonds is 8. The van der Waals surface area contributed by atoms with Crippen molar-refractivity contribution in [1.82, 2.24) is 14.8 Å². The zero-order chi connectivity index (χ0) is 19.4. The number of benzene rings is 1. The van der Waals surface area contributed by atoms with Crippen LogP contribution in [-0.2, 0) is 12.3 Å². The molecule has 9 heteroatoms. The smallest absolute Gasteiger partial charge is 0.270 e. The first-order chi connectivity index (χ1) is 13.0. The second kappa shape index (κ2) is 8.26. The van der Waals surface area contributed by atoms with E-state index < -0.39 is 4.92 Å². The maximum Gasteiger partial charge on any atom is 0.270 e. The molecule has 8 nitrogen and oxygen atoms in total. The molecule has 0 saturated heterocycles. The normalized spacial score (nSPS) is 11.1. The summed E-state index contributed by atoms with van der Waals surface area (Å²) in [7, 11) is 1.55. The van der Waals surface area contributed by atoms with Crippen LogP contribution in [0.3, 0.4) is 0 Å². The zero-order valence-corrected chi connectivity index (χ0v) is 16.1. The Morgan fingerprint density at radius 3 is 2.78 bits per heavy atom. The van der Waals surface area contributed by atoms with Crippen LogP contribution in [0.2, 0.25) is 0 Å². The number of ether oxygens (including phenoxy) is 1. The summed E-state index contributed by atoms with van der Waals surface area (Å²) in [4.78, 5) is 10.6. The lowest BCUT2D eigenvalue weighted by atomic mass is 10.2. The number of nitrogens with zero attached hydrogens (tertiary/aromatic N) is 4. The van der Waals surface area contributed by atoms with Crippen LogP contribution in [0.15, 0.2) is 46.2 Å². The predicted molar refractivity (Wildman–Crippen MR) is 102 cm³/mol. The highest BCUT2D eigenvalue weighted by Crippen LogP contribution is 2.32. The van der Waals surface area contributed by atoms with E-state index in [1.807, 2.05) is 16.7 Å². The molecule has 0 N–H and O–H groups in total. The largest absolute Gasteiger partial charge is 0.496 e. The van der Waals surface area contributed by atoms with Gasteiger partial charge in [0.2, 0.25) is 0 Å². The van der Waals surface area contributed by atoms with E-state index in [0.717, 1.165) is 17.3 Å². The molecule has 0 radical (unpaired) electrons. The molecule has 0 saturated carbocycles. The third-order valence-electron chi connectivity index (χ3n) is 3.84. The number of non-ortho nitro benzene ring substituents is 1. The minimum atomic E-state index is -0.413. The number of hydrogen-bond donors (Lipinski definition) is 0. The highest BCUT2D eigenvalue weighted by molar-refractivity contribution is 7.98. The zero-order valence-electron chi connectivity index (χ0n) is 15.3. The lowest BCUT2D eigenvalue weighted by molar-refractivity contribution is -0.384. The molecule has 2 aromatic heterocycles. The van der Waals surface area contributed by atoms with Crippen molar-refractivity contribution < 1.29 is 14.1 Å². The first-order valence-corrected chi connectivity index (χ1v) is 9.39. The minimum Gasteiger partial charge on any atom is -0.496 e. The van der Waals surface area contributed by atoms with Gasteiger partial charge in [-0.15, -0.1) is 10.2 Å². The third kappa shape index (κ3) is 4.30. The number of methoxy groups -OCH3 is 1. The van der Waals surface area contributed by atoms with Crippen molar-refractivity contribution in [1.29, 1.82) is 0 Å². The first kappa shape index (κ1) is 19.0. The lowest BCUT2D eigenvalue weighted by Crippen LogP contribution is -2.07. The quantitative estimate of drug-likeness (QED) is 0.320. The van der Waals surface area contributed by atoms with Gasteiger partial charge in [0.1, 0.15) is 5.75 Å². The Labute approximate surface area is 160 Å². The standard InChI is InChI=1S/C18H20N4O4S/c1-12(2)10-21-17(16-5-4-8-26-16)19-20-18(21)27-11-13-9-14(22(23)24)6-7-15(13)25-3/h4-9,12H,10-11H2,1-3H3. The number of thioether (sulfide) groups is 1. The van der Waals surface area contributed by atoms with Crippen molar-refractivity contribution in [3.63, 3.8) is 0 Å². The Morgan fingerprint density at radius 1 is 1.33 bits per heavy atom. The van der Waals surface area contributed by atoms with E-state index in [1.54, 1.807) is 19.4 Å². The van der Waals surface area contributed by atoms with E-state index in [4.69, 9.17) is 9.15 Å². The van der Waals surface area contributed by atoms with Crippen LogP contribution in [0, 0.1) is 16.0 Å². The van der Waals surface area contributed by atoms with Gasteiger partial charge in [-0.3, -0.25) is 14.7 Å². The van der Waals surface area contributed by atoms with Gasteiger partial charge >= 0.3 is 0 Å². The number of aromatic nitrogens is 3. The summed E-state index contributed by atoms with van der Waals surface area (Å²) in [6.07, 6.45) is 1.60. The van der Waals surface area contributed by atoms with Crippen LogP contribution < -0.4 is 4.74 Å². The Bertz CT molecular complexity index is 922. The molecule has 0 spiro atoms. The van der Waals surface area contributed by atoms with Crippen LogP contribution in [0.25, 0.3) is 11.6 Å². The van der Waals surface area contributed by atoms with E-state index >= 15 is 0 Å². The molecule has 0 fully saturated rings. The van der Waals surface area contributed by atoms with Crippen LogP contribution in [0.4, 0.5) is 5.69 Å². The summed E-state index contributed by atoms with van der Waals surface area (Å²) >= 11 is 1.46. The molecule has 3 aromatic rings. The number of hydrogen-bond acceptors (Lipinski definition) is 7. The Balaban J connectivity index is 1.88.